The molecule has 1 N–H and O–H groups in total. The zero-order chi connectivity index (χ0) is 18.1. The van der Waals surface area contributed by atoms with E-state index in [-0.39, 0.29) is 5.91 Å². The number of carbonyl (C=O) groups is 1. The van der Waals surface area contributed by atoms with Gasteiger partial charge in [0.15, 0.2) is 0 Å². The molecular formula is C18H23N5O2S. The number of anilines is 2. The standard InChI is InChI=1S/C18H23N5O2S/c1-12(15-4-3-14-5-10-25-16(14)11-15)22-6-8-23(9-7-22)18-21-20-17(26-18)19-13(2)24/h3-4,11-12H,5-10H2,1-2H3,(H,19,20,24)/t12-/m0/s1. The number of piperazine rings is 1. The van der Waals surface area contributed by atoms with Crippen LogP contribution in [0.15, 0.2) is 18.2 Å². The van der Waals surface area contributed by atoms with E-state index in [0.717, 1.165) is 50.1 Å². The van der Waals surface area contributed by atoms with Crippen LogP contribution in [0.5, 0.6) is 5.75 Å². The zero-order valence-corrected chi connectivity index (χ0v) is 15.9. The van der Waals surface area contributed by atoms with Crippen molar-refractivity contribution in [3.05, 3.63) is 29.3 Å². The van der Waals surface area contributed by atoms with Crippen molar-refractivity contribution >= 4 is 27.5 Å². The molecule has 0 radical (unpaired) electrons. The smallest absolute Gasteiger partial charge is 0.223 e. The SMILES string of the molecule is CC(=O)Nc1nnc(N2CCN([C@@H](C)c3ccc4c(c3)OCC4)CC2)s1. The van der Waals surface area contributed by atoms with E-state index >= 15 is 0 Å². The van der Waals surface area contributed by atoms with Gasteiger partial charge in [0, 0.05) is 45.6 Å². The second kappa shape index (κ2) is 7.20. The van der Waals surface area contributed by atoms with Gasteiger partial charge in [-0.25, -0.2) is 0 Å². The summed E-state index contributed by atoms with van der Waals surface area (Å²) in [5, 5.41) is 12.4. The average Bonchev–Trinajstić information content (AvgIpc) is 3.29. The second-order valence-electron chi connectivity index (χ2n) is 6.74. The van der Waals surface area contributed by atoms with Crippen LogP contribution in [-0.2, 0) is 11.2 Å². The van der Waals surface area contributed by atoms with Crippen molar-refractivity contribution in [2.45, 2.75) is 26.3 Å². The molecule has 1 amide bonds. The Kier molecular flexibility index (Phi) is 4.78. The van der Waals surface area contributed by atoms with Crippen LogP contribution in [0, 0.1) is 0 Å². The first-order valence-corrected chi connectivity index (χ1v) is 9.77. The summed E-state index contributed by atoms with van der Waals surface area (Å²) in [4.78, 5) is 15.8. The lowest BCUT2D eigenvalue weighted by Crippen LogP contribution is -2.47. The van der Waals surface area contributed by atoms with Crippen LogP contribution in [0.1, 0.15) is 31.0 Å². The first-order chi connectivity index (χ1) is 12.6. The van der Waals surface area contributed by atoms with Gasteiger partial charge in [0.25, 0.3) is 0 Å². The zero-order valence-electron chi connectivity index (χ0n) is 15.1. The molecular weight excluding hydrogens is 350 g/mol. The van der Waals surface area contributed by atoms with E-state index < -0.39 is 0 Å². The summed E-state index contributed by atoms with van der Waals surface area (Å²) in [6, 6.07) is 6.99. The molecule has 4 rings (SSSR count). The number of fused-ring (bicyclic) bond motifs is 1. The van der Waals surface area contributed by atoms with Crippen molar-refractivity contribution < 1.29 is 9.53 Å². The number of carbonyl (C=O) groups excluding carboxylic acids is 1. The van der Waals surface area contributed by atoms with Crippen LogP contribution in [0.4, 0.5) is 10.3 Å². The number of amides is 1. The normalized spacial score (nSPS) is 18.3. The van der Waals surface area contributed by atoms with Gasteiger partial charge in [-0.15, -0.1) is 10.2 Å². The average molecular weight is 373 g/mol. The molecule has 0 bridgehead atoms. The van der Waals surface area contributed by atoms with Crippen molar-refractivity contribution in [1.29, 1.82) is 0 Å². The van der Waals surface area contributed by atoms with Gasteiger partial charge in [-0.3, -0.25) is 9.69 Å². The number of nitrogens with zero attached hydrogens (tertiary/aromatic N) is 4. The van der Waals surface area contributed by atoms with E-state index in [0.29, 0.717) is 11.2 Å². The molecule has 0 saturated carbocycles. The summed E-state index contributed by atoms with van der Waals surface area (Å²) in [5.41, 5.74) is 2.62. The van der Waals surface area contributed by atoms with Gasteiger partial charge in [-0.1, -0.05) is 23.5 Å². The van der Waals surface area contributed by atoms with E-state index in [1.807, 2.05) is 0 Å². The minimum absolute atomic E-state index is 0.121. The number of hydrogen-bond acceptors (Lipinski definition) is 7. The number of benzene rings is 1. The van der Waals surface area contributed by atoms with Crippen LogP contribution in [0.3, 0.4) is 0 Å². The van der Waals surface area contributed by atoms with E-state index in [1.165, 1.54) is 29.4 Å². The fourth-order valence-corrected chi connectivity index (χ4v) is 4.34. The maximum absolute atomic E-state index is 11.1. The van der Waals surface area contributed by atoms with Crippen LogP contribution in [0.2, 0.25) is 0 Å². The van der Waals surface area contributed by atoms with E-state index in [4.69, 9.17) is 4.74 Å². The summed E-state index contributed by atoms with van der Waals surface area (Å²) in [7, 11) is 0. The molecule has 26 heavy (non-hydrogen) atoms. The Morgan fingerprint density at radius 1 is 1.27 bits per heavy atom. The highest BCUT2D eigenvalue weighted by molar-refractivity contribution is 7.19. The molecule has 7 nitrogen and oxygen atoms in total. The fraction of sp³-hybridized carbons (Fsp3) is 0.500. The Labute approximate surface area is 157 Å². The highest BCUT2D eigenvalue weighted by Crippen LogP contribution is 2.32. The minimum atomic E-state index is -0.121. The molecule has 2 aliphatic rings. The van der Waals surface area contributed by atoms with Gasteiger partial charge in [-0.2, -0.15) is 0 Å². The van der Waals surface area contributed by atoms with E-state index in [1.54, 1.807) is 0 Å². The van der Waals surface area contributed by atoms with Crippen molar-refractivity contribution in [1.82, 2.24) is 15.1 Å². The predicted molar refractivity (Wildman–Crippen MR) is 102 cm³/mol. The number of ether oxygens (including phenoxy) is 1. The van der Waals surface area contributed by atoms with E-state index in [2.05, 4.69) is 50.4 Å². The number of rotatable bonds is 4. The molecule has 0 spiro atoms. The third kappa shape index (κ3) is 3.52. The molecule has 2 aromatic rings. The molecule has 8 heteroatoms. The van der Waals surface area contributed by atoms with Crippen LogP contribution in [0.25, 0.3) is 0 Å². The molecule has 3 heterocycles. The first kappa shape index (κ1) is 17.2. The minimum Gasteiger partial charge on any atom is -0.493 e. The summed E-state index contributed by atoms with van der Waals surface area (Å²) in [5.74, 6) is 0.928. The molecule has 1 fully saturated rings. The predicted octanol–water partition coefficient (Wildman–Crippen LogP) is 2.31. The number of aromatic nitrogens is 2. The van der Waals surface area contributed by atoms with Gasteiger partial charge in [-0.05, 0) is 24.1 Å². The van der Waals surface area contributed by atoms with Crippen LogP contribution < -0.4 is 15.0 Å². The molecule has 0 unspecified atom stereocenters. The van der Waals surface area contributed by atoms with Crippen molar-refractivity contribution in [3.8, 4) is 5.75 Å². The summed E-state index contributed by atoms with van der Waals surface area (Å²) >= 11 is 1.42. The molecule has 1 saturated heterocycles. The maximum Gasteiger partial charge on any atom is 0.223 e. The fourth-order valence-electron chi connectivity index (χ4n) is 3.50. The Balaban J connectivity index is 1.37. The van der Waals surface area contributed by atoms with Crippen molar-refractivity contribution in [3.63, 3.8) is 0 Å². The summed E-state index contributed by atoms with van der Waals surface area (Å²) in [6.45, 7) is 8.27. The number of hydrogen-bond donors (Lipinski definition) is 1. The molecule has 138 valence electrons. The lowest BCUT2D eigenvalue weighted by Gasteiger charge is -2.38. The van der Waals surface area contributed by atoms with Crippen LogP contribution >= 0.6 is 11.3 Å². The van der Waals surface area contributed by atoms with Gasteiger partial charge in [0.1, 0.15) is 5.75 Å². The molecule has 2 aliphatic heterocycles. The summed E-state index contributed by atoms with van der Waals surface area (Å²) < 4.78 is 5.71. The Morgan fingerprint density at radius 3 is 2.85 bits per heavy atom. The molecule has 1 atom stereocenters. The van der Waals surface area contributed by atoms with Gasteiger partial charge in [0.05, 0.1) is 6.61 Å². The third-order valence-corrected chi connectivity index (χ3v) is 5.93. The third-order valence-electron chi connectivity index (χ3n) is 5.03. The topological polar surface area (TPSA) is 70.6 Å². The van der Waals surface area contributed by atoms with Gasteiger partial charge < -0.3 is 15.0 Å². The van der Waals surface area contributed by atoms with Gasteiger partial charge in [0.2, 0.25) is 16.2 Å². The summed E-state index contributed by atoms with van der Waals surface area (Å²) in [6.07, 6.45) is 1.02. The monoisotopic (exact) mass is 373 g/mol. The Hall–Kier alpha value is -2.19. The highest BCUT2D eigenvalue weighted by Gasteiger charge is 2.25. The maximum atomic E-state index is 11.1. The largest absolute Gasteiger partial charge is 0.493 e. The lowest BCUT2D eigenvalue weighted by atomic mass is 10.0. The number of nitrogens with one attached hydrogen (secondary N) is 1. The highest BCUT2D eigenvalue weighted by atomic mass is 32.1. The van der Waals surface area contributed by atoms with Gasteiger partial charge >= 0.3 is 0 Å². The molecule has 1 aromatic heterocycles. The first-order valence-electron chi connectivity index (χ1n) is 8.96. The van der Waals surface area contributed by atoms with E-state index in [9.17, 15) is 4.79 Å². The second-order valence-corrected chi connectivity index (χ2v) is 7.69. The Morgan fingerprint density at radius 2 is 2.08 bits per heavy atom. The van der Waals surface area contributed by atoms with Crippen LogP contribution in [-0.4, -0.2) is 53.8 Å². The Bertz CT molecular complexity index is 801. The lowest BCUT2D eigenvalue weighted by molar-refractivity contribution is -0.114. The molecule has 1 aromatic carbocycles. The quantitative estimate of drug-likeness (QED) is 0.887. The van der Waals surface area contributed by atoms with Crippen molar-refractivity contribution in [2.75, 3.05) is 43.0 Å². The van der Waals surface area contributed by atoms with Crippen molar-refractivity contribution in [2.24, 2.45) is 0 Å². The molecule has 0 aliphatic carbocycles.